The lowest BCUT2D eigenvalue weighted by atomic mass is 9.86. The van der Waals surface area contributed by atoms with Crippen LogP contribution in [-0.4, -0.2) is 26.3 Å². The topological polar surface area (TPSA) is 21.3 Å². The molecule has 0 aromatic rings. The van der Waals surface area contributed by atoms with Gasteiger partial charge in [-0.25, -0.2) is 0 Å². The van der Waals surface area contributed by atoms with E-state index in [0.29, 0.717) is 0 Å². The van der Waals surface area contributed by atoms with Crippen LogP contribution in [0.3, 0.4) is 0 Å². The normalized spacial score (nSPS) is 39.3. The Kier molecular flexibility index (Phi) is 2.44. The molecular formula is C9H17NO. The van der Waals surface area contributed by atoms with Crippen LogP contribution >= 0.6 is 0 Å². The molecule has 2 heterocycles. The summed E-state index contributed by atoms with van der Waals surface area (Å²) in [7, 11) is 0. The van der Waals surface area contributed by atoms with E-state index in [0.717, 1.165) is 25.0 Å². The summed E-state index contributed by atoms with van der Waals surface area (Å²) in [5.74, 6) is 1.77. The fourth-order valence-electron chi connectivity index (χ4n) is 2.21. The third-order valence-electron chi connectivity index (χ3n) is 2.97. The van der Waals surface area contributed by atoms with Gasteiger partial charge in [-0.15, -0.1) is 0 Å². The molecule has 0 radical (unpaired) electrons. The minimum absolute atomic E-state index is 0.864. The summed E-state index contributed by atoms with van der Waals surface area (Å²) in [6, 6.07) is 0. The Morgan fingerprint density at radius 3 is 2.82 bits per heavy atom. The number of hydrogen-bond acceptors (Lipinski definition) is 2. The largest absolute Gasteiger partial charge is 0.381 e. The Balaban J connectivity index is 1.82. The van der Waals surface area contributed by atoms with Crippen molar-refractivity contribution in [2.24, 2.45) is 11.8 Å². The fraction of sp³-hybridized carbons (Fsp3) is 1.00. The van der Waals surface area contributed by atoms with Crippen LogP contribution in [0.25, 0.3) is 0 Å². The van der Waals surface area contributed by atoms with Crippen molar-refractivity contribution >= 4 is 0 Å². The van der Waals surface area contributed by atoms with E-state index in [-0.39, 0.29) is 0 Å². The molecule has 0 spiro atoms. The summed E-state index contributed by atoms with van der Waals surface area (Å²) in [5.41, 5.74) is 0. The molecule has 2 aliphatic rings. The van der Waals surface area contributed by atoms with Gasteiger partial charge >= 0.3 is 0 Å². The minimum atomic E-state index is 0.864. The molecule has 0 aromatic carbocycles. The highest BCUT2D eigenvalue weighted by Crippen LogP contribution is 2.26. The lowest BCUT2D eigenvalue weighted by molar-refractivity contribution is 0.164. The smallest absolute Gasteiger partial charge is 0.0498 e. The van der Waals surface area contributed by atoms with Gasteiger partial charge in [0.25, 0.3) is 0 Å². The Bertz CT molecular complexity index is 115. The van der Waals surface area contributed by atoms with Crippen molar-refractivity contribution in [2.45, 2.75) is 19.3 Å². The Morgan fingerprint density at radius 1 is 1.18 bits per heavy atom. The first-order chi connectivity index (χ1) is 5.47. The van der Waals surface area contributed by atoms with Crippen LogP contribution in [0.1, 0.15) is 19.3 Å². The first-order valence-electron chi connectivity index (χ1n) is 4.75. The lowest BCUT2D eigenvalue weighted by Gasteiger charge is -2.26. The summed E-state index contributed by atoms with van der Waals surface area (Å²) in [5, 5.41) is 3.46. The molecule has 0 aromatic heterocycles. The SMILES string of the molecule is C1CNC[C@@H]([C@H]2CCOC2)C1. The van der Waals surface area contributed by atoms with Crippen LogP contribution in [0, 0.1) is 11.8 Å². The average Bonchev–Trinajstić information content (AvgIpc) is 2.58. The van der Waals surface area contributed by atoms with E-state index >= 15 is 0 Å². The molecule has 0 aliphatic carbocycles. The van der Waals surface area contributed by atoms with Crippen LogP contribution in [0.4, 0.5) is 0 Å². The molecule has 0 unspecified atom stereocenters. The summed E-state index contributed by atoms with van der Waals surface area (Å²) in [6.45, 7) is 4.48. The van der Waals surface area contributed by atoms with Crippen LogP contribution in [-0.2, 0) is 4.74 Å². The van der Waals surface area contributed by atoms with Crippen molar-refractivity contribution in [3.8, 4) is 0 Å². The molecule has 64 valence electrons. The van der Waals surface area contributed by atoms with E-state index in [1.54, 1.807) is 0 Å². The molecule has 0 amide bonds. The molecule has 11 heavy (non-hydrogen) atoms. The standard InChI is InChI=1S/C9H17NO/c1-2-8(6-10-4-1)9-3-5-11-7-9/h8-10H,1-7H2/t8-,9-/m0/s1. The number of piperidine rings is 1. The second kappa shape index (κ2) is 3.55. The van der Waals surface area contributed by atoms with Crippen LogP contribution in [0.15, 0.2) is 0 Å². The average molecular weight is 155 g/mol. The fourth-order valence-corrected chi connectivity index (χ4v) is 2.21. The molecule has 2 aliphatic heterocycles. The van der Waals surface area contributed by atoms with Crippen molar-refractivity contribution < 1.29 is 4.74 Å². The number of nitrogens with one attached hydrogen (secondary N) is 1. The maximum absolute atomic E-state index is 5.38. The zero-order valence-corrected chi connectivity index (χ0v) is 7.01. The van der Waals surface area contributed by atoms with Gasteiger partial charge in [0.05, 0.1) is 0 Å². The van der Waals surface area contributed by atoms with Gasteiger partial charge in [-0.05, 0) is 44.2 Å². The van der Waals surface area contributed by atoms with Gasteiger partial charge in [0, 0.05) is 13.2 Å². The van der Waals surface area contributed by atoms with Crippen LogP contribution < -0.4 is 5.32 Å². The first kappa shape index (κ1) is 7.56. The van der Waals surface area contributed by atoms with E-state index in [4.69, 9.17) is 4.74 Å². The molecule has 1 N–H and O–H groups in total. The quantitative estimate of drug-likeness (QED) is 0.610. The van der Waals surface area contributed by atoms with Gasteiger partial charge in [-0.3, -0.25) is 0 Å². The summed E-state index contributed by atoms with van der Waals surface area (Å²) < 4.78 is 5.38. The van der Waals surface area contributed by atoms with Gasteiger partial charge in [0.1, 0.15) is 0 Å². The van der Waals surface area contributed by atoms with Crippen LogP contribution in [0.5, 0.6) is 0 Å². The van der Waals surface area contributed by atoms with E-state index in [1.807, 2.05) is 0 Å². The van der Waals surface area contributed by atoms with E-state index in [1.165, 1.54) is 32.4 Å². The predicted molar refractivity (Wildman–Crippen MR) is 44.5 cm³/mol. The number of ether oxygens (including phenoxy) is 1. The highest BCUT2D eigenvalue weighted by molar-refractivity contribution is 4.78. The lowest BCUT2D eigenvalue weighted by Crippen LogP contribution is -2.34. The number of hydrogen-bond donors (Lipinski definition) is 1. The summed E-state index contributed by atoms with van der Waals surface area (Å²) >= 11 is 0. The van der Waals surface area contributed by atoms with Crippen LogP contribution in [0.2, 0.25) is 0 Å². The molecule has 0 bridgehead atoms. The highest BCUT2D eigenvalue weighted by Gasteiger charge is 2.26. The van der Waals surface area contributed by atoms with Crippen molar-refractivity contribution in [1.82, 2.24) is 5.32 Å². The first-order valence-corrected chi connectivity index (χ1v) is 4.75. The number of rotatable bonds is 1. The molecule has 2 atom stereocenters. The van der Waals surface area contributed by atoms with Crippen molar-refractivity contribution in [2.75, 3.05) is 26.3 Å². The Labute approximate surface area is 68.3 Å². The van der Waals surface area contributed by atoms with Gasteiger partial charge < -0.3 is 10.1 Å². The van der Waals surface area contributed by atoms with Crippen molar-refractivity contribution in [3.05, 3.63) is 0 Å². The zero-order chi connectivity index (χ0) is 7.52. The second-order valence-corrected chi connectivity index (χ2v) is 3.73. The summed E-state index contributed by atoms with van der Waals surface area (Å²) in [4.78, 5) is 0. The third kappa shape index (κ3) is 1.74. The van der Waals surface area contributed by atoms with Gasteiger partial charge in [-0.1, -0.05) is 0 Å². The molecular weight excluding hydrogens is 138 g/mol. The molecule has 2 nitrogen and oxygen atoms in total. The highest BCUT2D eigenvalue weighted by atomic mass is 16.5. The Hall–Kier alpha value is -0.0800. The molecule has 2 fully saturated rings. The van der Waals surface area contributed by atoms with Gasteiger partial charge in [0.2, 0.25) is 0 Å². The monoisotopic (exact) mass is 155 g/mol. The van der Waals surface area contributed by atoms with Gasteiger partial charge in [0.15, 0.2) is 0 Å². The molecule has 2 heteroatoms. The molecule has 2 saturated heterocycles. The predicted octanol–water partition coefficient (Wildman–Crippen LogP) is 1.02. The van der Waals surface area contributed by atoms with E-state index < -0.39 is 0 Å². The van der Waals surface area contributed by atoms with Gasteiger partial charge in [-0.2, -0.15) is 0 Å². The maximum Gasteiger partial charge on any atom is 0.0498 e. The second-order valence-electron chi connectivity index (χ2n) is 3.73. The third-order valence-corrected chi connectivity index (χ3v) is 2.97. The zero-order valence-electron chi connectivity index (χ0n) is 7.01. The van der Waals surface area contributed by atoms with E-state index in [2.05, 4.69) is 5.32 Å². The summed E-state index contributed by atoms with van der Waals surface area (Å²) in [6.07, 6.45) is 4.08. The van der Waals surface area contributed by atoms with Crippen molar-refractivity contribution in [1.29, 1.82) is 0 Å². The maximum atomic E-state index is 5.38. The Morgan fingerprint density at radius 2 is 2.18 bits per heavy atom. The van der Waals surface area contributed by atoms with E-state index in [9.17, 15) is 0 Å². The minimum Gasteiger partial charge on any atom is -0.381 e. The molecule has 0 saturated carbocycles. The van der Waals surface area contributed by atoms with Crippen molar-refractivity contribution in [3.63, 3.8) is 0 Å². The molecule has 2 rings (SSSR count).